The molecule has 3 aromatic carbocycles. The first-order chi connectivity index (χ1) is 13.5. The van der Waals surface area contributed by atoms with Crippen molar-refractivity contribution in [1.82, 2.24) is 5.48 Å². The standard InChI is InChI=1S/C21H18N2O4S/c24-21(22-25)15-8-16-6-13-20(14-7-16)28(26,27)23-19-11-9-18(10-12-19)17-4-2-1-3-5-17/h1-15,23,25H,(H,22,24)/b15-8+. The Hall–Kier alpha value is -3.42. The van der Waals surface area contributed by atoms with Crippen molar-refractivity contribution in [2.24, 2.45) is 0 Å². The summed E-state index contributed by atoms with van der Waals surface area (Å²) in [5, 5.41) is 8.45. The second-order valence-corrected chi connectivity index (χ2v) is 7.61. The van der Waals surface area contributed by atoms with E-state index in [2.05, 4.69) is 4.72 Å². The predicted molar refractivity (Wildman–Crippen MR) is 108 cm³/mol. The van der Waals surface area contributed by atoms with Crippen molar-refractivity contribution in [3.05, 3.63) is 90.5 Å². The number of amides is 1. The zero-order valence-electron chi connectivity index (χ0n) is 14.7. The molecule has 0 radical (unpaired) electrons. The fourth-order valence-electron chi connectivity index (χ4n) is 2.54. The zero-order chi connectivity index (χ0) is 20.0. The van der Waals surface area contributed by atoms with E-state index in [4.69, 9.17) is 5.21 Å². The number of hydrogen-bond acceptors (Lipinski definition) is 4. The first-order valence-electron chi connectivity index (χ1n) is 8.38. The van der Waals surface area contributed by atoms with Crippen LogP contribution in [-0.4, -0.2) is 19.5 Å². The quantitative estimate of drug-likeness (QED) is 0.338. The summed E-state index contributed by atoms with van der Waals surface area (Å²) in [5.74, 6) is -0.669. The lowest BCUT2D eigenvalue weighted by Crippen LogP contribution is -2.14. The van der Waals surface area contributed by atoms with Gasteiger partial charge in [0.2, 0.25) is 0 Å². The lowest BCUT2D eigenvalue weighted by molar-refractivity contribution is -0.124. The number of benzene rings is 3. The number of hydroxylamine groups is 1. The number of anilines is 1. The van der Waals surface area contributed by atoms with Gasteiger partial charge in [0.15, 0.2) is 0 Å². The Bertz CT molecular complexity index is 1080. The molecule has 28 heavy (non-hydrogen) atoms. The van der Waals surface area contributed by atoms with E-state index in [-0.39, 0.29) is 4.90 Å². The summed E-state index contributed by atoms with van der Waals surface area (Å²) >= 11 is 0. The molecule has 0 bridgehead atoms. The topological polar surface area (TPSA) is 95.5 Å². The summed E-state index contributed by atoms with van der Waals surface area (Å²) in [6.07, 6.45) is 2.59. The van der Waals surface area contributed by atoms with Gasteiger partial charge in [0, 0.05) is 11.8 Å². The van der Waals surface area contributed by atoms with E-state index in [1.807, 2.05) is 42.5 Å². The van der Waals surface area contributed by atoms with Gasteiger partial charge in [0.05, 0.1) is 4.90 Å². The minimum Gasteiger partial charge on any atom is -0.288 e. The predicted octanol–water partition coefficient (Wildman–Crippen LogP) is 3.67. The lowest BCUT2D eigenvalue weighted by atomic mass is 10.1. The third-order valence-corrected chi connectivity index (χ3v) is 5.37. The second-order valence-electron chi connectivity index (χ2n) is 5.93. The monoisotopic (exact) mass is 394 g/mol. The van der Waals surface area contributed by atoms with Crippen LogP contribution < -0.4 is 10.2 Å². The molecule has 142 valence electrons. The highest BCUT2D eigenvalue weighted by atomic mass is 32.2. The molecule has 0 spiro atoms. The third-order valence-electron chi connectivity index (χ3n) is 3.97. The molecule has 3 rings (SSSR count). The molecule has 3 N–H and O–H groups in total. The van der Waals surface area contributed by atoms with Gasteiger partial charge < -0.3 is 0 Å². The first-order valence-corrected chi connectivity index (χ1v) is 9.87. The molecular formula is C21H18N2O4S. The van der Waals surface area contributed by atoms with Gasteiger partial charge in [-0.25, -0.2) is 13.9 Å². The molecule has 0 aromatic heterocycles. The van der Waals surface area contributed by atoms with Crippen molar-refractivity contribution >= 4 is 27.7 Å². The van der Waals surface area contributed by atoms with Crippen LogP contribution in [0.4, 0.5) is 5.69 Å². The van der Waals surface area contributed by atoms with Gasteiger partial charge in [-0.1, -0.05) is 54.6 Å². The van der Waals surface area contributed by atoms with Crippen molar-refractivity contribution in [1.29, 1.82) is 0 Å². The van der Waals surface area contributed by atoms with Crippen molar-refractivity contribution in [2.45, 2.75) is 4.90 Å². The molecule has 0 heterocycles. The van der Waals surface area contributed by atoms with Crippen LogP contribution in [-0.2, 0) is 14.8 Å². The maximum absolute atomic E-state index is 12.6. The third kappa shape index (κ3) is 4.85. The number of sulfonamides is 1. The van der Waals surface area contributed by atoms with E-state index < -0.39 is 15.9 Å². The van der Waals surface area contributed by atoms with Crippen LogP contribution >= 0.6 is 0 Å². The summed E-state index contributed by atoms with van der Waals surface area (Å²) in [4.78, 5) is 11.1. The highest BCUT2D eigenvalue weighted by molar-refractivity contribution is 7.92. The van der Waals surface area contributed by atoms with Gasteiger partial charge in [0.1, 0.15) is 0 Å². The molecule has 0 saturated heterocycles. The van der Waals surface area contributed by atoms with Crippen LogP contribution in [0.25, 0.3) is 17.2 Å². The average molecular weight is 394 g/mol. The van der Waals surface area contributed by atoms with Gasteiger partial charge in [-0.15, -0.1) is 0 Å². The molecule has 1 amide bonds. The Morgan fingerprint density at radius 2 is 1.43 bits per heavy atom. The number of carbonyl (C=O) groups excluding carboxylic acids is 1. The van der Waals surface area contributed by atoms with Crippen molar-refractivity contribution in [2.75, 3.05) is 4.72 Å². The lowest BCUT2D eigenvalue weighted by Gasteiger charge is -2.09. The van der Waals surface area contributed by atoms with Gasteiger partial charge >= 0.3 is 0 Å². The Morgan fingerprint density at radius 1 is 0.821 bits per heavy atom. The van der Waals surface area contributed by atoms with E-state index in [1.165, 1.54) is 23.7 Å². The summed E-state index contributed by atoms with van der Waals surface area (Å²) in [7, 11) is -3.74. The van der Waals surface area contributed by atoms with Crippen molar-refractivity contribution < 1.29 is 18.4 Å². The summed E-state index contributed by atoms with van der Waals surface area (Å²) in [5.41, 5.74) is 4.61. The van der Waals surface area contributed by atoms with E-state index in [9.17, 15) is 13.2 Å². The van der Waals surface area contributed by atoms with Gasteiger partial charge in [-0.3, -0.25) is 14.7 Å². The van der Waals surface area contributed by atoms with Gasteiger partial charge in [-0.2, -0.15) is 0 Å². The number of rotatable bonds is 6. The first kappa shape index (κ1) is 19.3. The summed E-state index contributed by atoms with van der Waals surface area (Å²) < 4.78 is 27.7. The Balaban J connectivity index is 1.73. The van der Waals surface area contributed by atoms with E-state index in [1.54, 1.807) is 24.3 Å². The molecule has 0 atom stereocenters. The minimum absolute atomic E-state index is 0.100. The fraction of sp³-hybridized carbons (Fsp3) is 0. The van der Waals surface area contributed by atoms with Crippen LogP contribution in [0.1, 0.15) is 5.56 Å². The molecule has 0 aliphatic carbocycles. The Labute approximate surface area is 163 Å². The highest BCUT2D eigenvalue weighted by Crippen LogP contribution is 2.23. The van der Waals surface area contributed by atoms with Crippen LogP contribution in [0.2, 0.25) is 0 Å². The smallest absolute Gasteiger partial charge is 0.267 e. The number of nitrogens with one attached hydrogen (secondary N) is 2. The van der Waals surface area contributed by atoms with Crippen molar-refractivity contribution in [3.63, 3.8) is 0 Å². The van der Waals surface area contributed by atoms with Gasteiger partial charge in [-0.05, 0) is 47.0 Å². The average Bonchev–Trinajstić information content (AvgIpc) is 2.73. The van der Waals surface area contributed by atoms with E-state index >= 15 is 0 Å². The second kappa shape index (κ2) is 8.51. The maximum Gasteiger partial charge on any atom is 0.267 e. The SMILES string of the molecule is O=C(/C=C/c1ccc(S(=O)(=O)Nc2ccc(-c3ccccc3)cc2)cc1)NO. The van der Waals surface area contributed by atoms with E-state index in [0.29, 0.717) is 11.3 Å². The molecular weight excluding hydrogens is 376 g/mol. The summed E-state index contributed by atoms with van der Waals surface area (Å²) in [6, 6.07) is 22.9. The number of carbonyl (C=O) groups is 1. The Kier molecular flexibility index (Phi) is 5.88. The van der Waals surface area contributed by atoms with Crippen LogP contribution in [0.5, 0.6) is 0 Å². The summed E-state index contributed by atoms with van der Waals surface area (Å²) in [6.45, 7) is 0. The van der Waals surface area contributed by atoms with Crippen LogP contribution in [0.15, 0.2) is 89.8 Å². The molecule has 0 unspecified atom stereocenters. The maximum atomic E-state index is 12.6. The molecule has 7 heteroatoms. The normalized spacial score (nSPS) is 11.3. The fourth-order valence-corrected chi connectivity index (χ4v) is 3.60. The minimum atomic E-state index is -3.74. The largest absolute Gasteiger partial charge is 0.288 e. The zero-order valence-corrected chi connectivity index (χ0v) is 15.6. The van der Waals surface area contributed by atoms with E-state index in [0.717, 1.165) is 17.2 Å². The molecule has 6 nitrogen and oxygen atoms in total. The highest BCUT2D eigenvalue weighted by Gasteiger charge is 2.14. The molecule has 0 aliphatic heterocycles. The van der Waals surface area contributed by atoms with Crippen LogP contribution in [0, 0.1) is 0 Å². The Morgan fingerprint density at radius 3 is 2.04 bits per heavy atom. The molecule has 0 aliphatic rings. The number of hydrogen-bond donors (Lipinski definition) is 3. The van der Waals surface area contributed by atoms with Crippen molar-refractivity contribution in [3.8, 4) is 11.1 Å². The van der Waals surface area contributed by atoms with Crippen LogP contribution in [0.3, 0.4) is 0 Å². The van der Waals surface area contributed by atoms with Gasteiger partial charge in [0.25, 0.3) is 15.9 Å². The molecule has 3 aromatic rings. The molecule has 0 saturated carbocycles. The molecule has 0 fully saturated rings.